The Morgan fingerprint density at radius 3 is 2.69 bits per heavy atom. The van der Waals surface area contributed by atoms with Gasteiger partial charge in [-0.25, -0.2) is 4.98 Å². The fourth-order valence-corrected chi connectivity index (χ4v) is 3.14. The van der Waals surface area contributed by atoms with Crippen LogP contribution < -0.4 is 10.9 Å². The summed E-state index contributed by atoms with van der Waals surface area (Å²) in [6, 6.07) is 15.4. The molecule has 2 heterocycles. The number of nitrogens with zero attached hydrogens (tertiary/aromatic N) is 2. The van der Waals surface area contributed by atoms with E-state index in [2.05, 4.69) is 15.3 Å². The average molecular weight is 346 g/mol. The van der Waals surface area contributed by atoms with Gasteiger partial charge in [-0.05, 0) is 42.8 Å². The van der Waals surface area contributed by atoms with Crippen LogP contribution in [0.2, 0.25) is 0 Å². The lowest BCUT2D eigenvalue weighted by atomic mass is 10.1. The Balaban J connectivity index is 1.61. The number of fused-ring (bicyclic) bond motifs is 2. The molecule has 4 aromatic rings. The molecule has 0 unspecified atom stereocenters. The molecule has 0 fully saturated rings. The summed E-state index contributed by atoms with van der Waals surface area (Å²) in [7, 11) is 0. The van der Waals surface area contributed by atoms with E-state index >= 15 is 0 Å². The maximum atomic E-state index is 12.6. The van der Waals surface area contributed by atoms with Crippen molar-refractivity contribution in [3.63, 3.8) is 0 Å². The zero-order chi connectivity index (χ0) is 18.3. The molecule has 1 amide bonds. The molecule has 130 valence electrons. The van der Waals surface area contributed by atoms with Gasteiger partial charge >= 0.3 is 0 Å². The quantitative estimate of drug-likeness (QED) is 0.598. The van der Waals surface area contributed by atoms with Gasteiger partial charge in [0, 0.05) is 11.4 Å². The molecule has 0 bridgehead atoms. The van der Waals surface area contributed by atoms with E-state index in [9.17, 15) is 9.59 Å². The van der Waals surface area contributed by atoms with Crippen molar-refractivity contribution >= 4 is 33.4 Å². The van der Waals surface area contributed by atoms with Gasteiger partial charge in [-0.1, -0.05) is 30.3 Å². The van der Waals surface area contributed by atoms with Gasteiger partial charge < -0.3 is 10.3 Å². The Hall–Kier alpha value is -3.41. The van der Waals surface area contributed by atoms with E-state index in [1.54, 1.807) is 13.0 Å². The fourth-order valence-electron chi connectivity index (χ4n) is 3.14. The molecule has 0 saturated heterocycles. The van der Waals surface area contributed by atoms with Gasteiger partial charge in [0.25, 0.3) is 5.56 Å². The van der Waals surface area contributed by atoms with Crippen molar-refractivity contribution in [2.45, 2.75) is 20.4 Å². The van der Waals surface area contributed by atoms with Crippen LogP contribution in [0.25, 0.3) is 21.8 Å². The second-order valence-corrected chi connectivity index (χ2v) is 6.38. The molecule has 0 atom stereocenters. The van der Waals surface area contributed by atoms with Crippen molar-refractivity contribution in [3.8, 4) is 0 Å². The zero-order valence-corrected chi connectivity index (χ0v) is 14.5. The number of hydrogen-bond acceptors (Lipinski definition) is 3. The predicted molar refractivity (Wildman–Crippen MR) is 102 cm³/mol. The molecule has 0 aliphatic heterocycles. The van der Waals surface area contributed by atoms with Gasteiger partial charge in [-0.15, -0.1) is 0 Å². The molecule has 2 aromatic heterocycles. The maximum Gasteiger partial charge on any atom is 0.263 e. The molecule has 0 aliphatic carbocycles. The van der Waals surface area contributed by atoms with Crippen molar-refractivity contribution in [1.29, 1.82) is 0 Å². The number of aromatic amines is 1. The number of rotatable bonds is 3. The smallest absolute Gasteiger partial charge is 0.263 e. The van der Waals surface area contributed by atoms with Crippen LogP contribution in [0.15, 0.2) is 53.3 Å². The number of benzene rings is 2. The highest BCUT2D eigenvalue weighted by molar-refractivity contribution is 5.94. The molecular formula is C20H18N4O2. The average Bonchev–Trinajstić information content (AvgIpc) is 2.99. The van der Waals surface area contributed by atoms with Gasteiger partial charge in [0.1, 0.15) is 18.0 Å². The Kier molecular flexibility index (Phi) is 3.80. The van der Waals surface area contributed by atoms with Crippen molar-refractivity contribution in [3.05, 3.63) is 70.4 Å². The lowest BCUT2D eigenvalue weighted by Crippen LogP contribution is -2.30. The number of anilines is 1. The molecule has 2 N–H and O–H groups in total. The number of aromatic nitrogens is 3. The summed E-state index contributed by atoms with van der Waals surface area (Å²) < 4.78 is 1.39. The molecule has 6 nitrogen and oxygen atoms in total. The summed E-state index contributed by atoms with van der Waals surface area (Å²) in [5.41, 5.74) is 1.90. The molecule has 0 spiro atoms. The van der Waals surface area contributed by atoms with Crippen LogP contribution >= 0.6 is 0 Å². The summed E-state index contributed by atoms with van der Waals surface area (Å²) in [5, 5.41) is 5.50. The van der Waals surface area contributed by atoms with E-state index in [1.807, 2.05) is 49.4 Å². The van der Waals surface area contributed by atoms with Crippen LogP contribution in [-0.2, 0) is 11.3 Å². The van der Waals surface area contributed by atoms with Crippen LogP contribution in [0.4, 0.5) is 5.69 Å². The fraction of sp³-hybridized carbons (Fsp3) is 0.150. The van der Waals surface area contributed by atoms with Crippen LogP contribution in [0, 0.1) is 13.8 Å². The van der Waals surface area contributed by atoms with Gasteiger partial charge in [0.2, 0.25) is 5.91 Å². The second-order valence-electron chi connectivity index (χ2n) is 6.38. The number of hydrogen-bond donors (Lipinski definition) is 2. The highest BCUT2D eigenvalue weighted by Gasteiger charge is 2.13. The first-order valence-corrected chi connectivity index (χ1v) is 8.37. The van der Waals surface area contributed by atoms with Crippen LogP contribution in [0.3, 0.4) is 0 Å². The van der Waals surface area contributed by atoms with E-state index < -0.39 is 0 Å². The van der Waals surface area contributed by atoms with Crippen molar-refractivity contribution < 1.29 is 4.79 Å². The first-order valence-electron chi connectivity index (χ1n) is 8.37. The third-order valence-electron chi connectivity index (χ3n) is 4.41. The molecule has 6 heteroatoms. The van der Waals surface area contributed by atoms with Gasteiger partial charge in [-0.3, -0.25) is 14.2 Å². The number of amides is 1. The van der Waals surface area contributed by atoms with E-state index in [-0.39, 0.29) is 18.0 Å². The monoisotopic (exact) mass is 346 g/mol. The number of carbonyl (C=O) groups excluding carboxylic acids is 1. The third-order valence-corrected chi connectivity index (χ3v) is 4.41. The maximum absolute atomic E-state index is 12.6. The first-order chi connectivity index (χ1) is 12.5. The summed E-state index contributed by atoms with van der Waals surface area (Å²) >= 11 is 0. The zero-order valence-electron chi connectivity index (χ0n) is 14.5. The topological polar surface area (TPSA) is 79.8 Å². The standard InChI is InChI=1S/C20H18N4O2/c1-12-9-17-19(21-12)22-13(2)24(20(17)26)11-18(25)23-16-8-7-14-5-3-4-6-15(14)10-16/h3-10,21H,11H2,1-2H3,(H,23,25). The van der Waals surface area contributed by atoms with Crippen molar-refractivity contribution in [2.24, 2.45) is 0 Å². The van der Waals surface area contributed by atoms with E-state index in [4.69, 9.17) is 0 Å². The Morgan fingerprint density at radius 2 is 1.88 bits per heavy atom. The van der Waals surface area contributed by atoms with E-state index in [0.29, 0.717) is 22.5 Å². The summed E-state index contributed by atoms with van der Waals surface area (Å²) in [4.78, 5) is 32.5. The highest BCUT2D eigenvalue weighted by atomic mass is 16.2. The van der Waals surface area contributed by atoms with Crippen LogP contribution in [0.1, 0.15) is 11.5 Å². The lowest BCUT2D eigenvalue weighted by molar-refractivity contribution is -0.116. The normalized spacial score (nSPS) is 11.2. The Labute approximate surface area is 149 Å². The summed E-state index contributed by atoms with van der Waals surface area (Å²) in [5.74, 6) is 0.233. The van der Waals surface area contributed by atoms with Crippen molar-refractivity contribution in [1.82, 2.24) is 14.5 Å². The molecule has 4 rings (SSSR count). The van der Waals surface area contributed by atoms with Crippen LogP contribution in [-0.4, -0.2) is 20.4 Å². The molecular weight excluding hydrogens is 328 g/mol. The molecule has 2 aromatic carbocycles. The first kappa shape index (κ1) is 16.1. The molecule has 0 aliphatic rings. The van der Waals surface area contributed by atoms with E-state index in [0.717, 1.165) is 16.5 Å². The Morgan fingerprint density at radius 1 is 1.12 bits per heavy atom. The summed E-state index contributed by atoms with van der Waals surface area (Å²) in [6.45, 7) is 3.51. The second kappa shape index (κ2) is 6.15. The molecule has 26 heavy (non-hydrogen) atoms. The van der Waals surface area contributed by atoms with E-state index in [1.165, 1.54) is 4.57 Å². The Bertz CT molecular complexity index is 1200. The number of nitrogens with one attached hydrogen (secondary N) is 2. The third kappa shape index (κ3) is 2.86. The number of aryl methyl sites for hydroxylation is 2. The number of H-pyrrole nitrogens is 1. The molecule has 0 radical (unpaired) electrons. The lowest BCUT2D eigenvalue weighted by Gasteiger charge is -2.10. The minimum Gasteiger partial charge on any atom is -0.343 e. The molecule has 0 saturated carbocycles. The number of carbonyl (C=O) groups is 1. The van der Waals surface area contributed by atoms with Crippen molar-refractivity contribution in [2.75, 3.05) is 5.32 Å². The predicted octanol–water partition coefficient (Wildman–Crippen LogP) is 3.13. The van der Waals surface area contributed by atoms with Gasteiger partial charge in [-0.2, -0.15) is 0 Å². The summed E-state index contributed by atoms with van der Waals surface area (Å²) in [6.07, 6.45) is 0. The minimum atomic E-state index is -0.265. The van der Waals surface area contributed by atoms with Crippen LogP contribution in [0.5, 0.6) is 0 Å². The SMILES string of the molecule is Cc1cc2c(=O)n(CC(=O)Nc3ccc4ccccc4c3)c(C)nc2[nH]1. The highest BCUT2D eigenvalue weighted by Crippen LogP contribution is 2.19. The minimum absolute atomic E-state index is 0.0787. The van der Waals surface area contributed by atoms with Gasteiger partial charge in [0.05, 0.1) is 5.39 Å². The largest absolute Gasteiger partial charge is 0.343 e. The van der Waals surface area contributed by atoms with Gasteiger partial charge in [0.15, 0.2) is 0 Å².